The molecule has 0 aromatic carbocycles. The summed E-state index contributed by atoms with van der Waals surface area (Å²) in [4.78, 5) is 19.0. The second kappa shape index (κ2) is 8.04. The van der Waals surface area contributed by atoms with E-state index in [4.69, 9.17) is 14.8 Å². The van der Waals surface area contributed by atoms with Crippen LogP contribution in [-0.2, 0) is 4.74 Å². The van der Waals surface area contributed by atoms with Crippen LogP contribution in [0.4, 0.5) is 4.79 Å². The molecule has 1 aliphatic carbocycles. The number of nitrogens with zero attached hydrogens (tertiary/aromatic N) is 5. The van der Waals surface area contributed by atoms with Crippen LogP contribution in [-0.4, -0.2) is 54.6 Å². The van der Waals surface area contributed by atoms with E-state index >= 15 is 0 Å². The molecule has 2 aromatic heterocycles. The lowest BCUT2D eigenvalue weighted by molar-refractivity contribution is 0.0292. The zero-order valence-electron chi connectivity index (χ0n) is 18.8. The van der Waals surface area contributed by atoms with E-state index in [9.17, 15) is 4.79 Å². The number of aromatic amines is 1. The van der Waals surface area contributed by atoms with Gasteiger partial charge in [-0.1, -0.05) is 12.8 Å². The van der Waals surface area contributed by atoms with Crippen LogP contribution in [0.1, 0.15) is 96.1 Å². The number of hydrogen-bond donors (Lipinski definition) is 1. The first-order valence-corrected chi connectivity index (χ1v) is 11.2. The van der Waals surface area contributed by atoms with Crippen molar-refractivity contribution in [1.82, 2.24) is 29.9 Å². The topological polar surface area (TPSA) is 88.9 Å². The molecule has 0 radical (unpaired) electrons. The predicted octanol–water partition coefficient (Wildman–Crippen LogP) is 4.63. The molecule has 2 aliphatic rings. The Balaban J connectivity index is 1.50. The number of carbonyl (C=O) groups is 1. The van der Waals surface area contributed by atoms with Gasteiger partial charge in [-0.15, -0.1) is 0 Å². The van der Waals surface area contributed by atoms with E-state index < -0.39 is 5.60 Å². The minimum Gasteiger partial charge on any atom is -0.444 e. The van der Waals surface area contributed by atoms with E-state index in [1.807, 2.05) is 25.5 Å². The normalized spacial score (nSPS) is 20.5. The maximum Gasteiger partial charge on any atom is 0.410 e. The standard InChI is InChI=1S/C22H34N6O2/c1-14(2)28-20(23-19(26-28)15-8-6-7-9-15)18-12-17(24-25-18)16-10-11-27(13-16)21(29)30-22(3,4)5/h12,14-16H,6-11,13H2,1-5H3,(H,24,25). The van der Waals surface area contributed by atoms with Crippen molar-refractivity contribution in [2.75, 3.05) is 13.1 Å². The number of amides is 1. The van der Waals surface area contributed by atoms with Crippen LogP contribution in [0.15, 0.2) is 6.07 Å². The average Bonchev–Trinajstić information content (AvgIpc) is 3.46. The zero-order chi connectivity index (χ0) is 21.5. The van der Waals surface area contributed by atoms with Crippen molar-refractivity contribution >= 4 is 6.09 Å². The SMILES string of the molecule is CC(C)n1nc(C2CCCC2)nc1-c1cc(C2CCN(C(=O)OC(C)(C)C)C2)[nH]n1. The Kier molecular flexibility index (Phi) is 5.59. The summed E-state index contributed by atoms with van der Waals surface area (Å²) in [6, 6.07) is 2.29. The van der Waals surface area contributed by atoms with Crippen LogP contribution in [0.25, 0.3) is 11.5 Å². The van der Waals surface area contributed by atoms with Crippen molar-refractivity contribution in [2.45, 2.75) is 90.2 Å². The highest BCUT2D eigenvalue weighted by molar-refractivity contribution is 5.68. The van der Waals surface area contributed by atoms with Gasteiger partial charge in [0.05, 0.1) is 0 Å². The largest absolute Gasteiger partial charge is 0.444 e. The Bertz CT molecular complexity index is 888. The van der Waals surface area contributed by atoms with Crippen molar-refractivity contribution in [3.05, 3.63) is 17.6 Å². The molecular formula is C22H34N6O2. The highest BCUT2D eigenvalue weighted by Gasteiger charge is 2.32. The minimum atomic E-state index is -0.478. The van der Waals surface area contributed by atoms with Crippen molar-refractivity contribution < 1.29 is 9.53 Å². The molecule has 0 spiro atoms. The third kappa shape index (κ3) is 4.37. The number of aromatic nitrogens is 5. The van der Waals surface area contributed by atoms with Gasteiger partial charge < -0.3 is 9.64 Å². The molecule has 8 nitrogen and oxygen atoms in total. The quantitative estimate of drug-likeness (QED) is 0.788. The lowest BCUT2D eigenvalue weighted by Crippen LogP contribution is -2.35. The van der Waals surface area contributed by atoms with Crippen molar-refractivity contribution in [3.8, 4) is 11.5 Å². The molecule has 1 saturated carbocycles. The first-order chi connectivity index (χ1) is 14.2. The van der Waals surface area contributed by atoms with Gasteiger partial charge in [-0.2, -0.15) is 10.2 Å². The molecule has 2 aromatic rings. The van der Waals surface area contributed by atoms with Gasteiger partial charge in [0.2, 0.25) is 0 Å². The number of carbonyl (C=O) groups excluding carboxylic acids is 1. The van der Waals surface area contributed by atoms with Crippen molar-refractivity contribution in [3.63, 3.8) is 0 Å². The van der Waals surface area contributed by atoms with Gasteiger partial charge in [0.15, 0.2) is 11.6 Å². The molecule has 1 saturated heterocycles. The predicted molar refractivity (Wildman–Crippen MR) is 114 cm³/mol. The summed E-state index contributed by atoms with van der Waals surface area (Å²) in [5, 5.41) is 12.6. The summed E-state index contributed by atoms with van der Waals surface area (Å²) in [5.41, 5.74) is 1.39. The van der Waals surface area contributed by atoms with Crippen LogP contribution < -0.4 is 0 Å². The first-order valence-electron chi connectivity index (χ1n) is 11.2. The maximum absolute atomic E-state index is 12.4. The third-order valence-corrected chi connectivity index (χ3v) is 5.96. The Morgan fingerprint density at radius 1 is 1.20 bits per heavy atom. The number of nitrogens with one attached hydrogen (secondary N) is 1. The van der Waals surface area contributed by atoms with Crippen LogP contribution >= 0.6 is 0 Å². The zero-order valence-corrected chi connectivity index (χ0v) is 18.8. The second-order valence-corrected chi connectivity index (χ2v) is 9.93. The smallest absolute Gasteiger partial charge is 0.410 e. The molecule has 1 aliphatic heterocycles. The molecule has 30 heavy (non-hydrogen) atoms. The molecule has 1 N–H and O–H groups in total. The van der Waals surface area contributed by atoms with Crippen molar-refractivity contribution in [2.24, 2.45) is 0 Å². The summed E-state index contributed by atoms with van der Waals surface area (Å²) in [6.45, 7) is 11.3. The van der Waals surface area contributed by atoms with Gasteiger partial charge in [0.1, 0.15) is 11.3 Å². The second-order valence-electron chi connectivity index (χ2n) is 9.93. The van der Waals surface area contributed by atoms with E-state index in [1.54, 1.807) is 4.90 Å². The minimum absolute atomic E-state index is 0.219. The molecule has 1 atom stereocenters. The monoisotopic (exact) mass is 414 g/mol. The molecule has 0 bridgehead atoms. The molecule has 164 valence electrons. The van der Waals surface area contributed by atoms with Crippen LogP contribution in [0.5, 0.6) is 0 Å². The van der Waals surface area contributed by atoms with Crippen molar-refractivity contribution in [1.29, 1.82) is 0 Å². The highest BCUT2D eigenvalue weighted by Crippen LogP contribution is 2.34. The van der Waals surface area contributed by atoms with Crippen LogP contribution in [0, 0.1) is 0 Å². The summed E-state index contributed by atoms with van der Waals surface area (Å²) >= 11 is 0. The fourth-order valence-electron chi connectivity index (χ4n) is 4.40. The number of ether oxygens (including phenoxy) is 1. The molecule has 1 amide bonds. The van der Waals surface area contributed by atoms with E-state index in [-0.39, 0.29) is 18.1 Å². The van der Waals surface area contributed by atoms with Crippen LogP contribution in [0.2, 0.25) is 0 Å². The van der Waals surface area contributed by atoms with Gasteiger partial charge in [-0.3, -0.25) is 5.10 Å². The fourth-order valence-corrected chi connectivity index (χ4v) is 4.40. The fraction of sp³-hybridized carbons (Fsp3) is 0.727. The Labute approximate surface area is 178 Å². The van der Waals surface area contributed by atoms with Gasteiger partial charge in [-0.05, 0) is 59.9 Å². The molecule has 4 rings (SSSR count). The number of likely N-dealkylation sites (tertiary alicyclic amines) is 1. The van der Waals surface area contributed by atoms with Gasteiger partial charge in [0.25, 0.3) is 0 Å². The van der Waals surface area contributed by atoms with Gasteiger partial charge in [0, 0.05) is 36.7 Å². The van der Waals surface area contributed by atoms with E-state index in [1.165, 1.54) is 25.7 Å². The average molecular weight is 415 g/mol. The molecule has 2 fully saturated rings. The van der Waals surface area contributed by atoms with Gasteiger partial charge in [-0.25, -0.2) is 14.5 Å². The van der Waals surface area contributed by atoms with E-state index in [2.05, 4.69) is 30.1 Å². The molecule has 3 heterocycles. The Hall–Kier alpha value is -2.38. The summed E-state index contributed by atoms with van der Waals surface area (Å²) in [6.07, 6.45) is 5.53. The first kappa shape index (κ1) is 20.9. The number of H-pyrrole nitrogens is 1. The van der Waals surface area contributed by atoms with E-state index in [0.29, 0.717) is 19.0 Å². The summed E-state index contributed by atoms with van der Waals surface area (Å²) < 4.78 is 7.51. The third-order valence-electron chi connectivity index (χ3n) is 5.96. The molecule has 8 heteroatoms. The van der Waals surface area contributed by atoms with E-state index in [0.717, 1.165) is 29.5 Å². The Morgan fingerprint density at radius 2 is 1.93 bits per heavy atom. The lowest BCUT2D eigenvalue weighted by Gasteiger charge is -2.24. The molecule has 1 unspecified atom stereocenters. The van der Waals surface area contributed by atoms with Crippen LogP contribution in [0.3, 0.4) is 0 Å². The van der Waals surface area contributed by atoms with Gasteiger partial charge >= 0.3 is 6.09 Å². The number of hydrogen-bond acceptors (Lipinski definition) is 5. The Morgan fingerprint density at radius 3 is 2.60 bits per heavy atom. The maximum atomic E-state index is 12.4. The highest BCUT2D eigenvalue weighted by atomic mass is 16.6. The summed E-state index contributed by atoms with van der Waals surface area (Å²) in [7, 11) is 0. The number of rotatable bonds is 4. The summed E-state index contributed by atoms with van der Waals surface area (Å²) in [5.74, 6) is 2.48. The lowest BCUT2D eigenvalue weighted by atomic mass is 10.0. The molecular weight excluding hydrogens is 380 g/mol.